The molecule has 3 nitrogen and oxygen atoms in total. The summed E-state index contributed by atoms with van der Waals surface area (Å²) in [6, 6.07) is 6.07. The Kier molecular flexibility index (Phi) is 3.67. The van der Waals surface area contributed by atoms with Crippen molar-refractivity contribution >= 4 is 17.5 Å². The molecule has 0 spiro atoms. The fraction of sp³-hybridized carbons (Fsp3) is 0.154. The molecule has 2 rings (SSSR count). The Morgan fingerprint density at radius 3 is 2.83 bits per heavy atom. The number of benzene rings is 1. The second-order valence-electron chi connectivity index (χ2n) is 3.82. The summed E-state index contributed by atoms with van der Waals surface area (Å²) in [7, 11) is 0. The van der Waals surface area contributed by atoms with Crippen LogP contribution in [0.2, 0.25) is 5.02 Å². The highest BCUT2D eigenvalue weighted by Gasteiger charge is 2.14. The van der Waals surface area contributed by atoms with E-state index < -0.39 is 11.7 Å². The number of aryl methyl sites for hydroxylation is 1. The summed E-state index contributed by atoms with van der Waals surface area (Å²) in [5, 5.41) is 2.85. The second kappa shape index (κ2) is 5.23. The smallest absolute Gasteiger partial charge is 0.287 e. The molecule has 94 valence electrons. The number of carbonyl (C=O) groups excluding carboxylic acids is 1. The Morgan fingerprint density at radius 2 is 2.22 bits per heavy atom. The van der Waals surface area contributed by atoms with Gasteiger partial charge in [0.2, 0.25) is 0 Å². The summed E-state index contributed by atoms with van der Waals surface area (Å²) in [6.45, 7) is 1.78. The van der Waals surface area contributed by atoms with Gasteiger partial charge >= 0.3 is 0 Å². The highest BCUT2D eigenvalue weighted by Crippen LogP contribution is 2.18. The third-order valence-electron chi connectivity index (χ3n) is 2.56. The topological polar surface area (TPSA) is 42.2 Å². The first-order chi connectivity index (χ1) is 8.59. The molecule has 0 fully saturated rings. The molecule has 0 bridgehead atoms. The SMILES string of the molecule is Cc1ccoc1C(=O)NCc1c(F)cccc1Cl. The lowest BCUT2D eigenvalue weighted by Crippen LogP contribution is -2.23. The molecule has 0 aliphatic rings. The highest BCUT2D eigenvalue weighted by atomic mass is 35.5. The number of hydrogen-bond donors (Lipinski definition) is 1. The van der Waals surface area contributed by atoms with Gasteiger partial charge in [0.05, 0.1) is 6.26 Å². The fourth-order valence-corrected chi connectivity index (χ4v) is 1.79. The molecule has 5 heteroatoms. The van der Waals surface area contributed by atoms with Crippen molar-refractivity contribution in [2.75, 3.05) is 0 Å². The van der Waals surface area contributed by atoms with E-state index in [1.54, 1.807) is 19.1 Å². The van der Waals surface area contributed by atoms with Crippen LogP contribution in [0.15, 0.2) is 34.9 Å². The molecular formula is C13H11ClFNO2. The van der Waals surface area contributed by atoms with E-state index in [4.69, 9.17) is 16.0 Å². The van der Waals surface area contributed by atoms with E-state index in [0.717, 1.165) is 5.56 Å². The number of rotatable bonds is 3. The summed E-state index contributed by atoms with van der Waals surface area (Å²) >= 11 is 5.85. The van der Waals surface area contributed by atoms with Gasteiger partial charge in [-0.2, -0.15) is 0 Å². The molecule has 0 saturated carbocycles. The van der Waals surface area contributed by atoms with Crippen LogP contribution in [-0.4, -0.2) is 5.91 Å². The van der Waals surface area contributed by atoms with Crippen LogP contribution in [0.25, 0.3) is 0 Å². The Bertz CT molecular complexity index is 560. The van der Waals surface area contributed by atoms with Gasteiger partial charge in [-0.25, -0.2) is 4.39 Å². The number of halogens is 2. The summed E-state index contributed by atoms with van der Waals surface area (Å²) in [5.41, 5.74) is 0.990. The van der Waals surface area contributed by atoms with Crippen LogP contribution in [-0.2, 0) is 6.54 Å². The van der Waals surface area contributed by atoms with E-state index >= 15 is 0 Å². The highest BCUT2D eigenvalue weighted by molar-refractivity contribution is 6.31. The van der Waals surface area contributed by atoms with Crippen molar-refractivity contribution in [1.82, 2.24) is 5.32 Å². The predicted octanol–water partition coefficient (Wildman–Crippen LogP) is 3.31. The van der Waals surface area contributed by atoms with Crippen molar-refractivity contribution in [2.24, 2.45) is 0 Å². The lowest BCUT2D eigenvalue weighted by atomic mass is 10.2. The Hall–Kier alpha value is -1.81. The van der Waals surface area contributed by atoms with E-state index in [1.807, 2.05) is 0 Å². The first kappa shape index (κ1) is 12.6. The molecule has 0 radical (unpaired) electrons. The van der Waals surface area contributed by atoms with Crippen molar-refractivity contribution in [1.29, 1.82) is 0 Å². The molecule has 1 N–H and O–H groups in total. The van der Waals surface area contributed by atoms with Crippen LogP contribution >= 0.6 is 11.6 Å². The first-order valence-corrected chi connectivity index (χ1v) is 5.72. The second-order valence-corrected chi connectivity index (χ2v) is 4.22. The number of nitrogens with one attached hydrogen (secondary N) is 1. The average molecular weight is 268 g/mol. The van der Waals surface area contributed by atoms with Crippen LogP contribution in [0, 0.1) is 12.7 Å². The zero-order valence-corrected chi connectivity index (χ0v) is 10.4. The summed E-state index contributed by atoms with van der Waals surface area (Å²) in [5.74, 6) is -0.613. The summed E-state index contributed by atoms with van der Waals surface area (Å²) in [6.07, 6.45) is 1.43. The van der Waals surface area contributed by atoms with Gasteiger partial charge in [0.15, 0.2) is 5.76 Å². The third kappa shape index (κ3) is 2.54. The maximum absolute atomic E-state index is 13.5. The van der Waals surface area contributed by atoms with Crippen molar-refractivity contribution in [3.63, 3.8) is 0 Å². The Morgan fingerprint density at radius 1 is 1.44 bits per heavy atom. The average Bonchev–Trinajstić information content (AvgIpc) is 2.74. The molecule has 0 aliphatic carbocycles. The molecule has 1 aromatic carbocycles. The number of furan rings is 1. The summed E-state index contributed by atoms with van der Waals surface area (Å²) in [4.78, 5) is 11.8. The minimum absolute atomic E-state index is 0.0183. The number of hydrogen-bond acceptors (Lipinski definition) is 2. The molecule has 1 amide bonds. The van der Waals surface area contributed by atoms with Crippen molar-refractivity contribution in [3.05, 3.63) is 58.3 Å². The van der Waals surface area contributed by atoms with E-state index in [2.05, 4.69) is 5.32 Å². The predicted molar refractivity (Wildman–Crippen MR) is 66.0 cm³/mol. The van der Waals surface area contributed by atoms with Gasteiger partial charge in [-0.3, -0.25) is 4.79 Å². The van der Waals surface area contributed by atoms with Gasteiger partial charge in [0.1, 0.15) is 5.82 Å². The zero-order chi connectivity index (χ0) is 13.1. The van der Waals surface area contributed by atoms with Crippen LogP contribution < -0.4 is 5.32 Å². The Balaban J connectivity index is 2.09. The number of carbonyl (C=O) groups is 1. The molecule has 0 aliphatic heterocycles. The van der Waals surface area contributed by atoms with Gasteiger partial charge in [-0.15, -0.1) is 0 Å². The maximum Gasteiger partial charge on any atom is 0.287 e. The van der Waals surface area contributed by atoms with Crippen molar-refractivity contribution in [2.45, 2.75) is 13.5 Å². The maximum atomic E-state index is 13.5. The van der Waals surface area contributed by atoms with E-state index in [9.17, 15) is 9.18 Å². The van der Waals surface area contributed by atoms with Crippen molar-refractivity contribution < 1.29 is 13.6 Å². The van der Waals surface area contributed by atoms with E-state index in [1.165, 1.54) is 18.4 Å². The fourth-order valence-electron chi connectivity index (χ4n) is 1.56. The van der Waals surface area contributed by atoms with Crippen LogP contribution in [0.5, 0.6) is 0 Å². The molecule has 1 heterocycles. The van der Waals surface area contributed by atoms with E-state index in [0.29, 0.717) is 0 Å². The standard InChI is InChI=1S/C13H11ClFNO2/c1-8-5-6-18-12(8)13(17)16-7-9-10(14)3-2-4-11(9)15/h2-6H,7H2,1H3,(H,16,17). The Labute approximate surface area is 109 Å². The van der Waals surface area contributed by atoms with Gasteiger partial charge < -0.3 is 9.73 Å². The van der Waals surface area contributed by atoms with Gasteiger partial charge in [0, 0.05) is 22.7 Å². The van der Waals surface area contributed by atoms with Crippen molar-refractivity contribution in [3.8, 4) is 0 Å². The molecule has 0 atom stereocenters. The van der Waals surface area contributed by atoms with Crippen LogP contribution in [0.3, 0.4) is 0 Å². The lowest BCUT2D eigenvalue weighted by Gasteiger charge is -2.07. The molecule has 0 unspecified atom stereocenters. The lowest BCUT2D eigenvalue weighted by molar-refractivity contribution is 0.0922. The molecule has 18 heavy (non-hydrogen) atoms. The largest absolute Gasteiger partial charge is 0.459 e. The van der Waals surface area contributed by atoms with E-state index in [-0.39, 0.29) is 22.9 Å². The minimum atomic E-state index is -0.445. The molecule has 0 saturated heterocycles. The normalized spacial score (nSPS) is 10.4. The quantitative estimate of drug-likeness (QED) is 0.927. The summed E-state index contributed by atoms with van der Waals surface area (Å²) < 4.78 is 18.5. The first-order valence-electron chi connectivity index (χ1n) is 5.35. The molecule has 2 aromatic rings. The van der Waals surface area contributed by atoms with Gasteiger partial charge in [-0.1, -0.05) is 17.7 Å². The molecular weight excluding hydrogens is 257 g/mol. The van der Waals surface area contributed by atoms with Gasteiger partial charge in [0.25, 0.3) is 5.91 Å². The third-order valence-corrected chi connectivity index (χ3v) is 2.91. The van der Waals surface area contributed by atoms with Crippen LogP contribution in [0.4, 0.5) is 4.39 Å². The molecule has 1 aromatic heterocycles. The number of amides is 1. The van der Waals surface area contributed by atoms with Crippen LogP contribution in [0.1, 0.15) is 21.7 Å². The monoisotopic (exact) mass is 267 g/mol. The van der Waals surface area contributed by atoms with Gasteiger partial charge in [-0.05, 0) is 25.1 Å². The zero-order valence-electron chi connectivity index (χ0n) is 9.67. The minimum Gasteiger partial charge on any atom is -0.459 e.